The van der Waals surface area contributed by atoms with Crippen molar-refractivity contribution in [3.05, 3.63) is 86.9 Å². The number of hydrogen-bond acceptors (Lipinski definition) is 8. The molecule has 9 nitrogen and oxygen atoms in total. The Balaban J connectivity index is 1.56. The number of aryl methyl sites for hydroxylation is 1. The zero-order valence-corrected chi connectivity index (χ0v) is 26.1. The summed E-state index contributed by atoms with van der Waals surface area (Å²) in [7, 11) is 0. The van der Waals surface area contributed by atoms with E-state index in [-0.39, 0.29) is 57.8 Å². The van der Waals surface area contributed by atoms with Crippen LogP contribution in [0.4, 0.5) is 10.2 Å². The molecule has 2 bridgehead atoms. The van der Waals surface area contributed by atoms with E-state index in [0.29, 0.717) is 39.1 Å². The van der Waals surface area contributed by atoms with Gasteiger partial charge in [-0.3, -0.25) is 14.3 Å². The van der Waals surface area contributed by atoms with Crippen molar-refractivity contribution in [1.29, 1.82) is 0 Å². The molecule has 0 spiro atoms. The molecule has 2 saturated heterocycles. The summed E-state index contributed by atoms with van der Waals surface area (Å²) in [4.78, 5) is 43.9. The van der Waals surface area contributed by atoms with Gasteiger partial charge in [-0.05, 0) is 73.1 Å². The molecular formula is C35H30ClFN6O3. The van der Waals surface area contributed by atoms with Crippen LogP contribution in [0.2, 0.25) is 5.02 Å². The van der Waals surface area contributed by atoms with Crippen molar-refractivity contribution in [2.24, 2.45) is 0 Å². The number of ketones is 1. The van der Waals surface area contributed by atoms with E-state index in [1.54, 1.807) is 42.6 Å². The van der Waals surface area contributed by atoms with E-state index >= 15 is 4.39 Å². The van der Waals surface area contributed by atoms with Crippen LogP contribution in [0, 0.1) is 12.7 Å². The molecular weight excluding hydrogens is 607 g/mol. The highest BCUT2D eigenvalue weighted by Crippen LogP contribution is 2.43. The number of carbonyl (C=O) groups excluding carboxylic acids is 1. The Morgan fingerprint density at radius 3 is 2.72 bits per heavy atom. The van der Waals surface area contributed by atoms with Crippen LogP contribution in [0.3, 0.4) is 0 Å². The number of aromatic hydroxyl groups is 1. The number of hydrogen-bond donors (Lipinski definition) is 2. The lowest BCUT2D eigenvalue weighted by atomic mass is 9.95. The van der Waals surface area contributed by atoms with Crippen LogP contribution in [0.1, 0.15) is 49.6 Å². The molecule has 3 atom stereocenters. The van der Waals surface area contributed by atoms with Gasteiger partial charge in [-0.2, -0.15) is 4.98 Å². The lowest BCUT2D eigenvalue weighted by molar-refractivity contribution is -0.116. The maximum Gasteiger partial charge on any atom is 0.354 e. The van der Waals surface area contributed by atoms with Crippen LogP contribution < -0.4 is 15.9 Å². The third-order valence-electron chi connectivity index (χ3n) is 9.45. The molecule has 2 aromatic carbocycles. The van der Waals surface area contributed by atoms with Crippen LogP contribution in [0.5, 0.6) is 5.75 Å². The molecule has 0 saturated carbocycles. The average Bonchev–Trinajstić information content (AvgIpc) is 3.39. The molecule has 0 aliphatic carbocycles. The van der Waals surface area contributed by atoms with Crippen LogP contribution in [0.15, 0.2) is 53.5 Å². The summed E-state index contributed by atoms with van der Waals surface area (Å²) in [6.45, 7) is 6.21. The van der Waals surface area contributed by atoms with Gasteiger partial charge >= 0.3 is 5.69 Å². The number of pyridine rings is 2. The van der Waals surface area contributed by atoms with Gasteiger partial charge in [0, 0.05) is 40.8 Å². The molecule has 2 N–H and O–H groups in total. The second-order valence-corrected chi connectivity index (χ2v) is 13.1. The van der Waals surface area contributed by atoms with Gasteiger partial charge in [0.25, 0.3) is 0 Å². The van der Waals surface area contributed by atoms with E-state index in [9.17, 15) is 14.7 Å². The molecule has 0 radical (unpaired) electrons. The predicted octanol–water partition coefficient (Wildman–Crippen LogP) is 5.83. The average molecular weight is 637 g/mol. The fourth-order valence-electron chi connectivity index (χ4n) is 7.48. The smallest absolute Gasteiger partial charge is 0.354 e. The van der Waals surface area contributed by atoms with Crippen molar-refractivity contribution >= 4 is 51.0 Å². The zero-order valence-electron chi connectivity index (χ0n) is 25.4. The Kier molecular flexibility index (Phi) is 6.53. The first-order valence-electron chi connectivity index (χ1n) is 15.4. The molecule has 3 unspecified atom stereocenters. The second-order valence-electron chi connectivity index (χ2n) is 12.7. The van der Waals surface area contributed by atoms with Crippen molar-refractivity contribution in [2.45, 2.75) is 57.7 Å². The normalized spacial score (nSPS) is 21.1. The van der Waals surface area contributed by atoms with Gasteiger partial charge in [-0.15, -0.1) is 0 Å². The summed E-state index contributed by atoms with van der Waals surface area (Å²) in [6, 6.07) is 9.33. The minimum absolute atomic E-state index is 0.0276. The van der Waals surface area contributed by atoms with E-state index in [4.69, 9.17) is 16.6 Å². The van der Waals surface area contributed by atoms with Gasteiger partial charge in [-0.1, -0.05) is 37.6 Å². The first-order valence-corrected chi connectivity index (χ1v) is 15.8. The number of nitrogens with one attached hydrogen (secondary N) is 1. The van der Waals surface area contributed by atoms with Gasteiger partial charge in [0.15, 0.2) is 11.6 Å². The number of carbonyl (C=O) groups is 1. The first-order chi connectivity index (χ1) is 22.1. The fourth-order valence-corrected chi connectivity index (χ4v) is 7.77. The van der Waals surface area contributed by atoms with Crippen LogP contribution >= 0.6 is 11.6 Å². The number of fused-ring (bicyclic) bond motifs is 6. The number of phenolic OH excluding ortho intramolecular Hbond substituents is 1. The van der Waals surface area contributed by atoms with Crippen LogP contribution in [0.25, 0.3) is 44.7 Å². The van der Waals surface area contributed by atoms with Crippen molar-refractivity contribution in [2.75, 3.05) is 11.4 Å². The lowest BCUT2D eigenvalue weighted by Gasteiger charge is -2.41. The predicted molar refractivity (Wildman–Crippen MR) is 176 cm³/mol. The lowest BCUT2D eigenvalue weighted by Crippen LogP contribution is -2.61. The van der Waals surface area contributed by atoms with E-state index in [1.165, 1.54) is 16.7 Å². The van der Waals surface area contributed by atoms with E-state index in [0.717, 1.165) is 18.4 Å². The summed E-state index contributed by atoms with van der Waals surface area (Å²) in [5.74, 6) is -0.891. The summed E-state index contributed by atoms with van der Waals surface area (Å²) in [5, 5.41) is 16.0. The van der Waals surface area contributed by atoms with Crippen molar-refractivity contribution in [1.82, 2.24) is 24.8 Å². The highest BCUT2D eigenvalue weighted by Gasteiger charge is 2.45. The molecule has 11 heteroatoms. The van der Waals surface area contributed by atoms with E-state index < -0.39 is 17.5 Å². The molecule has 6 heterocycles. The number of rotatable bonds is 3. The fraction of sp³-hybridized carbons (Fsp3) is 0.286. The Bertz CT molecular complexity index is 2230. The van der Waals surface area contributed by atoms with Crippen LogP contribution in [-0.4, -0.2) is 55.1 Å². The van der Waals surface area contributed by atoms with Gasteiger partial charge in [0.2, 0.25) is 0 Å². The molecule has 3 aliphatic rings. The third-order valence-corrected chi connectivity index (χ3v) is 9.77. The summed E-state index contributed by atoms with van der Waals surface area (Å²) in [5.41, 5.74) is 1.46. The van der Waals surface area contributed by atoms with E-state index in [2.05, 4.69) is 15.3 Å². The molecule has 8 rings (SSSR count). The molecule has 232 valence electrons. The zero-order chi connectivity index (χ0) is 32.0. The summed E-state index contributed by atoms with van der Waals surface area (Å²) >= 11 is 6.67. The first kappa shape index (κ1) is 28.8. The molecule has 5 aromatic rings. The Labute approximate surface area is 268 Å². The molecule has 3 aliphatic heterocycles. The Morgan fingerprint density at radius 1 is 1.09 bits per heavy atom. The largest absolute Gasteiger partial charge is 0.508 e. The maximum atomic E-state index is 17.6. The number of nitrogens with zero attached hydrogens (tertiary/aromatic N) is 5. The quantitative estimate of drug-likeness (QED) is 0.254. The Morgan fingerprint density at radius 2 is 1.91 bits per heavy atom. The van der Waals surface area contributed by atoms with Crippen LogP contribution in [-0.2, 0) is 4.79 Å². The van der Waals surface area contributed by atoms with Gasteiger partial charge < -0.3 is 15.3 Å². The number of piperazine rings is 1. The molecule has 2 fully saturated rings. The van der Waals surface area contributed by atoms with Crippen molar-refractivity contribution in [3.63, 3.8) is 0 Å². The topological polar surface area (TPSA) is 113 Å². The molecule has 46 heavy (non-hydrogen) atoms. The maximum absolute atomic E-state index is 17.6. The SMILES string of the molecule is Cc1ccnc(C(C)C)c1-n1c(=O)nc2c3c(nc(-c4cc(O)cc5cccc(Cl)c45)c(F)c31)/C=C\C(=O)C1C3CCC(CN21)N3. The summed E-state index contributed by atoms with van der Waals surface area (Å²) in [6.07, 6.45) is 6.43. The van der Waals surface area contributed by atoms with E-state index in [1.807, 2.05) is 25.7 Å². The van der Waals surface area contributed by atoms with Crippen molar-refractivity contribution in [3.8, 4) is 22.7 Å². The third kappa shape index (κ3) is 4.20. The monoisotopic (exact) mass is 636 g/mol. The van der Waals surface area contributed by atoms with Crippen molar-refractivity contribution < 1.29 is 14.3 Å². The second kappa shape index (κ2) is 10.4. The highest BCUT2D eigenvalue weighted by atomic mass is 35.5. The minimum Gasteiger partial charge on any atom is -0.508 e. The Hall–Kier alpha value is -4.67. The van der Waals surface area contributed by atoms with Gasteiger partial charge in [-0.25, -0.2) is 14.2 Å². The molecule has 3 aromatic heterocycles. The number of anilines is 1. The minimum atomic E-state index is -0.778. The van der Waals surface area contributed by atoms with Gasteiger partial charge in [0.1, 0.15) is 28.8 Å². The van der Waals surface area contributed by atoms with Gasteiger partial charge in [0.05, 0.1) is 22.5 Å². The standard InChI is InChI=1S/C35H30ClFN6O3/c1-16(2)29-31(17(3)11-12-38-29)43-33-27-23(40-30(28(33)37)21-14-20(44)13-18-5-4-6-22(36)26(18)21)9-10-25(45)32-24-8-7-19(39-24)15-42(32)34(27)41-35(43)46/h4-6,9-14,16,19,24,32,39,44H,7-8,15H2,1-3H3/b10-9-. The molecule has 0 amide bonds. The number of phenols is 1. The number of halogens is 2. The highest BCUT2D eigenvalue weighted by molar-refractivity contribution is 6.36. The number of aromatic nitrogens is 4. The summed E-state index contributed by atoms with van der Waals surface area (Å²) < 4.78 is 18.9. The number of benzene rings is 2.